The summed E-state index contributed by atoms with van der Waals surface area (Å²) >= 11 is 0. The van der Waals surface area contributed by atoms with E-state index in [1.165, 1.54) is 0 Å². The Morgan fingerprint density at radius 3 is 2.48 bits per heavy atom. The van der Waals surface area contributed by atoms with Crippen LogP contribution in [0.3, 0.4) is 0 Å². The van der Waals surface area contributed by atoms with Gasteiger partial charge in [-0.25, -0.2) is 0 Å². The second-order valence-electron chi connectivity index (χ2n) is 6.10. The molecule has 0 radical (unpaired) electrons. The third-order valence-corrected chi connectivity index (χ3v) is 4.21. The molecule has 0 amide bonds. The van der Waals surface area contributed by atoms with Gasteiger partial charge in [0.2, 0.25) is 0 Å². The number of nitrogens with zero attached hydrogens (tertiary/aromatic N) is 2. The molecule has 0 aliphatic rings. The van der Waals surface area contributed by atoms with Crippen LogP contribution >= 0.6 is 0 Å². The molecule has 0 aliphatic heterocycles. The number of aromatic nitrogens is 1. The van der Waals surface area contributed by atoms with Crippen molar-refractivity contribution in [2.45, 2.75) is 27.4 Å². The zero-order valence-corrected chi connectivity index (χ0v) is 14.6. The summed E-state index contributed by atoms with van der Waals surface area (Å²) in [7, 11) is 0. The van der Waals surface area contributed by atoms with Gasteiger partial charge < -0.3 is 4.74 Å². The summed E-state index contributed by atoms with van der Waals surface area (Å²) in [6.45, 7) is 6.25. The highest BCUT2D eigenvalue weighted by Gasteiger charge is 2.09. The fraction of sp³-hybridized carbons (Fsp3) is 0.190. The Hall–Kier alpha value is -3.01. The summed E-state index contributed by atoms with van der Waals surface area (Å²) in [5.74, 6) is 0.788. The van der Waals surface area contributed by atoms with Gasteiger partial charge in [0.25, 0.3) is 0 Å². The average Bonchev–Trinajstić information content (AvgIpc) is 2.61. The topological polar surface area (TPSA) is 51.5 Å². The van der Waals surface area contributed by atoms with Gasteiger partial charge in [0.05, 0.1) is 5.69 Å². The number of benzene rings is 2. The van der Waals surface area contributed by atoms with Crippen LogP contribution in [0.1, 0.15) is 22.4 Å². The molecule has 3 rings (SSSR count). The van der Waals surface area contributed by atoms with Crippen molar-refractivity contribution in [3.63, 3.8) is 0 Å². The van der Waals surface area contributed by atoms with Gasteiger partial charge in [0.15, 0.2) is 0 Å². The Morgan fingerprint density at radius 1 is 0.960 bits per heavy atom. The van der Waals surface area contributed by atoms with Crippen molar-refractivity contribution in [2.75, 3.05) is 0 Å². The molecule has 3 aromatic rings. The molecule has 0 atom stereocenters. The Morgan fingerprint density at radius 2 is 1.76 bits per heavy atom. The van der Waals surface area contributed by atoms with E-state index in [9.17, 15) is 4.91 Å². The highest BCUT2D eigenvalue weighted by molar-refractivity contribution is 5.62. The molecule has 126 valence electrons. The van der Waals surface area contributed by atoms with Crippen LogP contribution in [-0.4, -0.2) is 4.98 Å². The molecule has 1 aromatic heterocycles. The van der Waals surface area contributed by atoms with Crippen molar-refractivity contribution in [3.05, 3.63) is 81.9 Å². The Kier molecular flexibility index (Phi) is 4.89. The van der Waals surface area contributed by atoms with E-state index in [4.69, 9.17) is 4.74 Å². The van der Waals surface area contributed by atoms with Crippen LogP contribution in [0.5, 0.6) is 5.75 Å². The summed E-state index contributed by atoms with van der Waals surface area (Å²) < 4.78 is 5.94. The SMILES string of the molecule is Cc1cccc(-c2ccc(OCc3c(C)cccc3N=O)c(C)c2)n1. The molecule has 0 saturated heterocycles. The van der Waals surface area contributed by atoms with E-state index >= 15 is 0 Å². The van der Waals surface area contributed by atoms with Gasteiger partial charge in [0.1, 0.15) is 18.0 Å². The quantitative estimate of drug-likeness (QED) is 0.567. The van der Waals surface area contributed by atoms with Crippen LogP contribution in [0.15, 0.2) is 59.8 Å². The van der Waals surface area contributed by atoms with Crippen molar-refractivity contribution in [1.29, 1.82) is 0 Å². The van der Waals surface area contributed by atoms with Gasteiger partial charge in [0, 0.05) is 16.8 Å². The molecule has 0 unspecified atom stereocenters. The van der Waals surface area contributed by atoms with E-state index in [0.29, 0.717) is 12.3 Å². The van der Waals surface area contributed by atoms with Crippen LogP contribution in [-0.2, 0) is 6.61 Å². The summed E-state index contributed by atoms with van der Waals surface area (Å²) in [4.78, 5) is 15.5. The summed E-state index contributed by atoms with van der Waals surface area (Å²) in [6.07, 6.45) is 0. The van der Waals surface area contributed by atoms with E-state index in [2.05, 4.69) is 16.2 Å². The molecular formula is C21H20N2O2. The summed E-state index contributed by atoms with van der Waals surface area (Å²) in [6, 6.07) is 17.5. The zero-order valence-electron chi connectivity index (χ0n) is 14.6. The molecular weight excluding hydrogens is 312 g/mol. The van der Waals surface area contributed by atoms with Crippen molar-refractivity contribution >= 4 is 5.69 Å². The molecule has 0 saturated carbocycles. The maximum Gasteiger partial charge on any atom is 0.122 e. The first-order valence-electron chi connectivity index (χ1n) is 8.18. The van der Waals surface area contributed by atoms with Crippen LogP contribution < -0.4 is 4.74 Å². The number of pyridine rings is 1. The molecule has 0 spiro atoms. The summed E-state index contributed by atoms with van der Waals surface area (Å²) in [5, 5.41) is 3.09. The van der Waals surface area contributed by atoms with Crippen molar-refractivity contribution < 1.29 is 4.74 Å². The van der Waals surface area contributed by atoms with E-state index < -0.39 is 0 Å². The minimum atomic E-state index is 0.316. The second kappa shape index (κ2) is 7.26. The molecule has 0 fully saturated rings. The molecule has 4 nitrogen and oxygen atoms in total. The number of aryl methyl sites for hydroxylation is 3. The largest absolute Gasteiger partial charge is 0.489 e. The van der Waals surface area contributed by atoms with Gasteiger partial charge in [-0.15, -0.1) is 4.91 Å². The lowest BCUT2D eigenvalue weighted by molar-refractivity contribution is 0.304. The molecule has 2 aromatic carbocycles. The lowest BCUT2D eigenvalue weighted by Crippen LogP contribution is -2.00. The van der Waals surface area contributed by atoms with E-state index in [0.717, 1.165) is 39.4 Å². The van der Waals surface area contributed by atoms with Gasteiger partial charge in [-0.1, -0.05) is 18.2 Å². The molecule has 0 aliphatic carbocycles. The van der Waals surface area contributed by atoms with Crippen molar-refractivity contribution in [1.82, 2.24) is 4.98 Å². The van der Waals surface area contributed by atoms with E-state index in [-0.39, 0.29) is 0 Å². The molecule has 25 heavy (non-hydrogen) atoms. The number of hydrogen-bond donors (Lipinski definition) is 0. The zero-order chi connectivity index (χ0) is 17.8. The van der Waals surface area contributed by atoms with Crippen molar-refractivity contribution in [3.8, 4) is 17.0 Å². The van der Waals surface area contributed by atoms with Crippen LogP contribution in [0, 0.1) is 25.7 Å². The third-order valence-electron chi connectivity index (χ3n) is 4.21. The predicted octanol–water partition coefficient (Wildman–Crippen LogP) is 5.65. The first kappa shape index (κ1) is 16.8. The first-order chi connectivity index (χ1) is 12.1. The van der Waals surface area contributed by atoms with E-state index in [1.54, 1.807) is 6.07 Å². The number of nitroso groups, excluding NO2 is 1. The lowest BCUT2D eigenvalue weighted by Gasteiger charge is -2.13. The van der Waals surface area contributed by atoms with Crippen LogP contribution in [0.4, 0.5) is 5.69 Å². The molecule has 1 heterocycles. The van der Waals surface area contributed by atoms with Crippen molar-refractivity contribution in [2.24, 2.45) is 5.18 Å². The maximum atomic E-state index is 11.0. The number of rotatable bonds is 5. The standard InChI is InChI=1S/C21H20N2O2/c1-14-6-4-9-20(23-24)18(14)13-25-21-11-10-17(12-15(21)2)19-8-5-7-16(3)22-19/h4-12H,13H2,1-3H3. The van der Waals surface area contributed by atoms with Crippen LogP contribution in [0.2, 0.25) is 0 Å². The average molecular weight is 332 g/mol. The van der Waals surface area contributed by atoms with Gasteiger partial charge in [-0.05, 0) is 73.5 Å². The summed E-state index contributed by atoms with van der Waals surface area (Å²) in [5.41, 5.74) is 6.26. The highest BCUT2D eigenvalue weighted by Crippen LogP contribution is 2.28. The highest BCUT2D eigenvalue weighted by atomic mass is 16.5. The lowest BCUT2D eigenvalue weighted by atomic mass is 10.1. The van der Waals surface area contributed by atoms with Gasteiger partial charge >= 0.3 is 0 Å². The van der Waals surface area contributed by atoms with Crippen LogP contribution in [0.25, 0.3) is 11.3 Å². The van der Waals surface area contributed by atoms with E-state index in [1.807, 2.05) is 63.2 Å². The Labute approximate surface area is 147 Å². The Balaban J connectivity index is 1.82. The van der Waals surface area contributed by atoms with Gasteiger partial charge in [-0.2, -0.15) is 0 Å². The normalized spacial score (nSPS) is 10.5. The first-order valence-corrected chi connectivity index (χ1v) is 8.18. The molecule has 0 bridgehead atoms. The fourth-order valence-corrected chi connectivity index (χ4v) is 2.78. The fourth-order valence-electron chi connectivity index (χ4n) is 2.78. The monoisotopic (exact) mass is 332 g/mol. The van der Waals surface area contributed by atoms with Gasteiger partial charge in [-0.3, -0.25) is 4.98 Å². The molecule has 0 N–H and O–H groups in total. The number of ether oxygens (including phenoxy) is 1. The maximum absolute atomic E-state index is 11.0. The second-order valence-corrected chi connectivity index (χ2v) is 6.10. The molecule has 4 heteroatoms. The Bertz CT molecular complexity index is 920. The minimum absolute atomic E-state index is 0.316. The minimum Gasteiger partial charge on any atom is -0.489 e. The third kappa shape index (κ3) is 3.74. The smallest absolute Gasteiger partial charge is 0.122 e. The number of hydrogen-bond acceptors (Lipinski definition) is 4. The predicted molar refractivity (Wildman–Crippen MR) is 100 cm³/mol.